The fourth-order valence-electron chi connectivity index (χ4n) is 1.54. The van der Waals surface area contributed by atoms with E-state index in [1.165, 1.54) is 6.92 Å². The molecule has 0 aliphatic rings. The maximum Gasteiger partial charge on any atom is 0.221 e. The van der Waals surface area contributed by atoms with Gasteiger partial charge >= 0.3 is 0 Å². The molecule has 1 N–H and O–H groups in total. The Balaban J connectivity index is 2.96. The molecule has 0 aliphatic heterocycles. The van der Waals surface area contributed by atoms with Crippen molar-refractivity contribution in [2.75, 3.05) is 0 Å². The molecule has 0 atom stereocenters. The van der Waals surface area contributed by atoms with E-state index in [1.54, 1.807) is 0 Å². The lowest BCUT2D eigenvalue weighted by Crippen LogP contribution is -2.17. The molecule has 0 saturated heterocycles. The molecule has 0 spiro atoms. The monoisotopic (exact) mass is 233 g/mol. The Morgan fingerprint density at radius 1 is 1.47 bits per heavy atom. The molecule has 3 heteroatoms. The maximum atomic E-state index is 11.0. The van der Waals surface area contributed by atoms with E-state index in [0.717, 1.165) is 29.2 Å². The molecule has 92 valence electrons. The van der Waals surface area contributed by atoms with Gasteiger partial charge in [-0.05, 0) is 44.1 Å². The van der Waals surface area contributed by atoms with Crippen LogP contribution in [-0.4, -0.2) is 5.91 Å². The van der Waals surface area contributed by atoms with Crippen LogP contribution >= 0.6 is 0 Å². The number of rotatable bonds is 4. The van der Waals surface area contributed by atoms with E-state index in [9.17, 15) is 4.79 Å². The normalized spacial score (nSPS) is 12.7. The van der Waals surface area contributed by atoms with Gasteiger partial charge in [0.05, 0.1) is 0 Å². The smallest absolute Gasteiger partial charge is 0.221 e. The van der Waals surface area contributed by atoms with Gasteiger partial charge in [0.25, 0.3) is 0 Å². The standard InChI is InChI=1S/C14H19NO2/c1-5-12(14-8-7-10(3)17-14)9-13(6-2)15-11(4)16/h6-9H,5H2,1-4H3,(H,15,16)/b12-9+,13-6+. The molecule has 0 unspecified atom stereocenters. The van der Waals surface area contributed by atoms with Gasteiger partial charge in [-0.3, -0.25) is 4.79 Å². The lowest BCUT2D eigenvalue weighted by atomic mass is 10.1. The molecule has 0 aliphatic carbocycles. The Morgan fingerprint density at radius 2 is 2.18 bits per heavy atom. The van der Waals surface area contributed by atoms with Gasteiger partial charge in [0.15, 0.2) is 0 Å². The van der Waals surface area contributed by atoms with Gasteiger partial charge < -0.3 is 9.73 Å². The predicted molar refractivity (Wildman–Crippen MR) is 69.3 cm³/mol. The fourth-order valence-corrected chi connectivity index (χ4v) is 1.54. The Labute approximate surface area is 102 Å². The van der Waals surface area contributed by atoms with Crippen LogP contribution < -0.4 is 5.32 Å². The Morgan fingerprint density at radius 3 is 2.59 bits per heavy atom. The van der Waals surface area contributed by atoms with Crippen LogP contribution in [0, 0.1) is 6.92 Å². The first-order chi connectivity index (χ1) is 8.06. The number of allylic oxidation sites excluding steroid dienone is 3. The number of hydrogen-bond acceptors (Lipinski definition) is 2. The molecule has 1 heterocycles. The second kappa shape index (κ2) is 6.09. The van der Waals surface area contributed by atoms with E-state index in [2.05, 4.69) is 12.2 Å². The van der Waals surface area contributed by atoms with E-state index in [1.807, 2.05) is 38.1 Å². The quantitative estimate of drug-likeness (QED) is 0.810. The Kier molecular flexibility index (Phi) is 4.76. The fraction of sp³-hybridized carbons (Fsp3) is 0.357. The van der Waals surface area contributed by atoms with Crippen molar-refractivity contribution in [3.05, 3.63) is 41.5 Å². The molecular formula is C14H19NO2. The zero-order chi connectivity index (χ0) is 12.8. The Hall–Kier alpha value is -1.77. The molecule has 0 aromatic carbocycles. The summed E-state index contributed by atoms with van der Waals surface area (Å²) in [4.78, 5) is 11.0. The number of aryl methyl sites for hydroxylation is 1. The molecule has 0 radical (unpaired) electrons. The summed E-state index contributed by atoms with van der Waals surface area (Å²) in [5, 5.41) is 2.78. The third-order valence-electron chi connectivity index (χ3n) is 2.40. The SMILES string of the molecule is C/C=C(\C=C(/CC)c1ccc(C)o1)NC(C)=O. The average Bonchev–Trinajstić information content (AvgIpc) is 2.70. The van der Waals surface area contributed by atoms with Crippen LogP contribution in [-0.2, 0) is 4.79 Å². The highest BCUT2D eigenvalue weighted by molar-refractivity contribution is 5.76. The van der Waals surface area contributed by atoms with Crippen LogP contribution in [0.25, 0.3) is 5.57 Å². The molecule has 1 aromatic heterocycles. The van der Waals surface area contributed by atoms with Crippen LogP contribution in [0.1, 0.15) is 38.7 Å². The minimum Gasteiger partial charge on any atom is -0.462 e. The highest BCUT2D eigenvalue weighted by Gasteiger charge is 2.05. The summed E-state index contributed by atoms with van der Waals surface area (Å²) in [7, 11) is 0. The highest BCUT2D eigenvalue weighted by atomic mass is 16.3. The van der Waals surface area contributed by atoms with Crippen molar-refractivity contribution in [2.45, 2.75) is 34.1 Å². The molecule has 0 bridgehead atoms. The summed E-state index contributed by atoms with van der Waals surface area (Å²) in [6, 6.07) is 3.89. The van der Waals surface area contributed by atoms with Gasteiger partial charge in [0, 0.05) is 12.6 Å². The third kappa shape index (κ3) is 3.94. The van der Waals surface area contributed by atoms with Gasteiger partial charge in [0.2, 0.25) is 5.91 Å². The van der Waals surface area contributed by atoms with Gasteiger partial charge in [-0.1, -0.05) is 13.0 Å². The van der Waals surface area contributed by atoms with Crippen molar-refractivity contribution in [1.29, 1.82) is 0 Å². The van der Waals surface area contributed by atoms with E-state index in [0.29, 0.717) is 0 Å². The lowest BCUT2D eigenvalue weighted by molar-refractivity contribution is -0.118. The second-order valence-corrected chi connectivity index (χ2v) is 3.86. The molecule has 17 heavy (non-hydrogen) atoms. The molecule has 1 rings (SSSR count). The van der Waals surface area contributed by atoms with Crippen molar-refractivity contribution in [2.24, 2.45) is 0 Å². The van der Waals surface area contributed by atoms with Crippen LogP contribution in [0.3, 0.4) is 0 Å². The summed E-state index contributed by atoms with van der Waals surface area (Å²) in [6.45, 7) is 7.37. The van der Waals surface area contributed by atoms with Crippen molar-refractivity contribution in [1.82, 2.24) is 5.32 Å². The molecule has 1 aromatic rings. The largest absolute Gasteiger partial charge is 0.462 e. The second-order valence-electron chi connectivity index (χ2n) is 3.86. The predicted octanol–water partition coefficient (Wildman–Crippen LogP) is 3.42. The first kappa shape index (κ1) is 13.3. The van der Waals surface area contributed by atoms with Crippen LogP contribution in [0.15, 0.2) is 34.4 Å². The van der Waals surface area contributed by atoms with Crippen LogP contribution in [0.2, 0.25) is 0 Å². The molecule has 0 saturated carbocycles. The molecule has 1 amide bonds. The number of carbonyl (C=O) groups excluding carboxylic acids is 1. The van der Waals surface area contributed by atoms with Crippen molar-refractivity contribution >= 4 is 11.5 Å². The summed E-state index contributed by atoms with van der Waals surface area (Å²) < 4.78 is 5.58. The summed E-state index contributed by atoms with van der Waals surface area (Å²) in [6.07, 6.45) is 4.66. The number of amides is 1. The van der Waals surface area contributed by atoms with Gasteiger partial charge in [0.1, 0.15) is 11.5 Å². The lowest BCUT2D eigenvalue weighted by Gasteiger charge is -2.05. The van der Waals surface area contributed by atoms with E-state index in [4.69, 9.17) is 4.42 Å². The molecule has 3 nitrogen and oxygen atoms in total. The zero-order valence-corrected chi connectivity index (χ0v) is 10.8. The highest BCUT2D eigenvalue weighted by Crippen LogP contribution is 2.21. The van der Waals surface area contributed by atoms with Gasteiger partial charge in [-0.25, -0.2) is 0 Å². The molecular weight excluding hydrogens is 214 g/mol. The minimum atomic E-state index is -0.0690. The number of hydrogen-bond donors (Lipinski definition) is 1. The first-order valence-electron chi connectivity index (χ1n) is 5.78. The molecule has 0 fully saturated rings. The number of furan rings is 1. The number of carbonyl (C=O) groups is 1. The van der Waals surface area contributed by atoms with Crippen molar-refractivity contribution in [3.63, 3.8) is 0 Å². The summed E-state index contributed by atoms with van der Waals surface area (Å²) >= 11 is 0. The maximum absolute atomic E-state index is 11.0. The first-order valence-corrected chi connectivity index (χ1v) is 5.78. The van der Waals surface area contributed by atoms with Crippen molar-refractivity contribution < 1.29 is 9.21 Å². The minimum absolute atomic E-state index is 0.0690. The summed E-state index contributed by atoms with van der Waals surface area (Å²) in [5.74, 6) is 1.68. The zero-order valence-electron chi connectivity index (χ0n) is 10.8. The Bertz CT molecular complexity index is 453. The summed E-state index contributed by atoms with van der Waals surface area (Å²) in [5.41, 5.74) is 1.86. The van der Waals surface area contributed by atoms with E-state index in [-0.39, 0.29) is 5.91 Å². The van der Waals surface area contributed by atoms with Gasteiger partial charge in [-0.2, -0.15) is 0 Å². The topological polar surface area (TPSA) is 42.2 Å². The van der Waals surface area contributed by atoms with Crippen LogP contribution in [0.5, 0.6) is 0 Å². The van der Waals surface area contributed by atoms with E-state index < -0.39 is 0 Å². The van der Waals surface area contributed by atoms with Gasteiger partial charge in [-0.15, -0.1) is 0 Å². The van der Waals surface area contributed by atoms with Crippen molar-refractivity contribution in [3.8, 4) is 0 Å². The van der Waals surface area contributed by atoms with E-state index >= 15 is 0 Å². The number of nitrogens with one attached hydrogen (secondary N) is 1. The van der Waals surface area contributed by atoms with Crippen LogP contribution in [0.4, 0.5) is 0 Å². The average molecular weight is 233 g/mol. The third-order valence-corrected chi connectivity index (χ3v) is 2.40.